The number of likely N-dealkylation sites (tertiary alicyclic amines) is 1. The monoisotopic (exact) mass is 349 g/mol. The zero-order chi connectivity index (χ0) is 16.8. The van der Waals surface area contributed by atoms with Crippen molar-refractivity contribution in [2.24, 2.45) is 11.8 Å². The van der Waals surface area contributed by atoms with Crippen LogP contribution in [0.15, 0.2) is 12.1 Å². The van der Waals surface area contributed by atoms with E-state index < -0.39 is 24.0 Å². The average Bonchev–Trinajstić information content (AvgIpc) is 3.03. The van der Waals surface area contributed by atoms with Gasteiger partial charge in [0.25, 0.3) is 0 Å². The van der Waals surface area contributed by atoms with Crippen LogP contribution in [0.4, 0.5) is 13.2 Å². The van der Waals surface area contributed by atoms with Gasteiger partial charge in [-0.3, -0.25) is 9.69 Å². The predicted octanol–water partition coefficient (Wildman–Crippen LogP) is 2.97. The highest BCUT2D eigenvalue weighted by atomic mass is 35.5. The second-order valence-electron chi connectivity index (χ2n) is 5.94. The summed E-state index contributed by atoms with van der Waals surface area (Å²) >= 11 is 6.05. The molecule has 4 nitrogen and oxygen atoms in total. The molecule has 1 fully saturated rings. The molecule has 0 amide bonds. The summed E-state index contributed by atoms with van der Waals surface area (Å²) in [6, 6.07) is 3.46. The third-order valence-corrected chi connectivity index (χ3v) is 4.57. The molecule has 2 aliphatic rings. The Kier molecular flexibility index (Phi) is 4.18. The predicted molar refractivity (Wildman–Crippen MR) is 76.6 cm³/mol. The lowest BCUT2D eigenvalue weighted by atomic mass is 9.96. The lowest BCUT2D eigenvalue weighted by Crippen LogP contribution is -2.33. The molecule has 2 atom stereocenters. The van der Waals surface area contributed by atoms with Crippen molar-refractivity contribution in [3.8, 4) is 5.75 Å². The van der Waals surface area contributed by atoms with Crippen LogP contribution in [0.1, 0.15) is 11.1 Å². The van der Waals surface area contributed by atoms with Crippen LogP contribution in [0.3, 0.4) is 0 Å². The SMILES string of the molecule is O=C(O)[C@@H]1CN(Cc2cc(Cl)cc3c2OCC3)C[C@H]1C(F)(F)F. The van der Waals surface area contributed by atoms with E-state index in [4.69, 9.17) is 21.4 Å². The van der Waals surface area contributed by atoms with Crippen molar-refractivity contribution in [2.45, 2.75) is 19.1 Å². The molecule has 0 aliphatic carbocycles. The summed E-state index contributed by atoms with van der Waals surface area (Å²) in [7, 11) is 0. The molecule has 0 radical (unpaired) electrons. The molecular weight excluding hydrogens is 335 g/mol. The zero-order valence-corrected chi connectivity index (χ0v) is 12.8. The van der Waals surface area contributed by atoms with Gasteiger partial charge >= 0.3 is 12.1 Å². The molecule has 2 heterocycles. The Balaban J connectivity index is 1.81. The normalized spacial score (nSPS) is 24.5. The Labute approximate surface area is 135 Å². The number of alkyl halides is 3. The molecule has 1 aromatic rings. The number of aliphatic carboxylic acids is 1. The van der Waals surface area contributed by atoms with Gasteiger partial charge in [-0.2, -0.15) is 13.2 Å². The standard InChI is InChI=1S/C15H15ClF3NO3/c16-10-3-8-1-2-23-13(8)9(4-10)5-20-6-11(14(21)22)12(7-20)15(17,18)19/h3-4,11-12H,1-2,5-7H2,(H,21,22)/t11-,12-/m1/s1. The van der Waals surface area contributed by atoms with E-state index in [9.17, 15) is 18.0 Å². The number of halogens is 4. The van der Waals surface area contributed by atoms with Crippen LogP contribution in [0, 0.1) is 11.8 Å². The van der Waals surface area contributed by atoms with Crippen LogP contribution in [-0.4, -0.2) is 41.8 Å². The Morgan fingerprint density at radius 3 is 2.74 bits per heavy atom. The maximum absolute atomic E-state index is 13.0. The third-order valence-electron chi connectivity index (χ3n) is 4.35. The summed E-state index contributed by atoms with van der Waals surface area (Å²) in [4.78, 5) is 12.6. The number of rotatable bonds is 3. The number of carbonyl (C=O) groups is 1. The van der Waals surface area contributed by atoms with E-state index in [0.717, 1.165) is 5.56 Å². The summed E-state index contributed by atoms with van der Waals surface area (Å²) in [5.74, 6) is -4.05. The molecule has 1 N–H and O–H groups in total. The van der Waals surface area contributed by atoms with Crippen molar-refractivity contribution < 1.29 is 27.8 Å². The van der Waals surface area contributed by atoms with Gasteiger partial charge in [0.15, 0.2) is 0 Å². The number of carboxylic acids is 1. The van der Waals surface area contributed by atoms with Gasteiger partial charge in [-0.1, -0.05) is 11.6 Å². The summed E-state index contributed by atoms with van der Waals surface area (Å²) in [5.41, 5.74) is 1.64. The fourth-order valence-electron chi connectivity index (χ4n) is 3.30. The zero-order valence-electron chi connectivity index (χ0n) is 12.1. The van der Waals surface area contributed by atoms with Gasteiger partial charge < -0.3 is 9.84 Å². The highest BCUT2D eigenvalue weighted by Crippen LogP contribution is 2.40. The summed E-state index contributed by atoms with van der Waals surface area (Å²) in [5, 5.41) is 9.56. The van der Waals surface area contributed by atoms with Gasteiger partial charge in [0.2, 0.25) is 0 Å². The minimum absolute atomic E-state index is 0.138. The third kappa shape index (κ3) is 3.26. The van der Waals surface area contributed by atoms with Crippen molar-refractivity contribution >= 4 is 17.6 Å². The van der Waals surface area contributed by atoms with Crippen LogP contribution in [0.2, 0.25) is 5.02 Å². The van der Waals surface area contributed by atoms with E-state index in [2.05, 4.69) is 0 Å². The quantitative estimate of drug-likeness (QED) is 0.911. The first kappa shape index (κ1) is 16.4. The molecule has 8 heteroatoms. The van der Waals surface area contributed by atoms with Gasteiger partial charge in [0.1, 0.15) is 5.75 Å². The molecule has 2 aliphatic heterocycles. The lowest BCUT2D eigenvalue weighted by molar-refractivity contribution is -0.188. The Morgan fingerprint density at radius 2 is 2.13 bits per heavy atom. The lowest BCUT2D eigenvalue weighted by Gasteiger charge is -2.19. The average molecular weight is 350 g/mol. The molecular formula is C15H15ClF3NO3. The van der Waals surface area contributed by atoms with Crippen LogP contribution in [0.5, 0.6) is 5.75 Å². The first-order chi connectivity index (χ1) is 10.8. The molecule has 1 saturated heterocycles. The number of carboxylic acid groups (broad SMARTS) is 1. The molecule has 0 aromatic heterocycles. The summed E-state index contributed by atoms with van der Waals surface area (Å²) in [6.07, 6.45) is -3.81. The minimum Gasteiger partial charge on any atom is -0.493 e. The molecule has 126 valence electrons. The van der Waals surface area contributed by atoms with Crippen LogP contribution >= 0.6 is 11.6 Å². The molecule has 3 rings (SSSR count). The number of benzene rings is 1. The number of nitrogens with zero attached hydrogens (tertiary/aromatic N) is 1. The molecule has 0 bridgehead atoms. The van der Waals surface area contributed by atoms with Crippen LogP contribution in [0.25, 0.3) is 0 Å². The van der Waals surface area contributed by atoms with Crippen LogP contribution in [-0.2, 0) is 17.8 Å². The van der Waals surface area contributed by atoms with Gasteiger partial charge in [-0.25, -0.2) is 0 Å². The van der Waals surface area contributed by atoms with Crippen molar-refractivity contribution in [1.82, 2.24) is 4.90 Å². The Morgan fingerprint density at radius 1 is 1.39 bits per heavy atom. The maximum atomic E-state index is 13.0. The number of hydrogen-bond acceptors (Lipinski definition) is 3. The summed E-state index contributed by atoms with van der Waals surface area (Å²) in [6.45, 7) is 0.243. The summed E-state index contributed by atoms with van der Waals surface area (Å²) < 4.78 is 44.6. The molecule has 0 saturated carbocycles. The van der Waals surface area contributed by atoms with Crippen LogP contribution < -0.4 is 4.74 Å². The Hall–Kier alpha value is -1.47. The fraction of sp³-hybridized carbons (Fsp3) is 0.533. The topological polar surface area (TPSA) is 49.8 Å². The number of ether oxygens (including phenoxy) is 1. The molecule has 1 aromatic carbocycles. The second-order valence-corrected chi connectivity index (χ2v) is 6.37. The van der Waals surface area contributed by atoms with Crippen molar-refractivity contribution in [1.29, 1.82) is 0 Å². The molecule has 23 heavy (non-hydrogen) atoms. The Bertz CT molecular complexity index is 635. The van der Waals surface area contributed by atoms with E-state index in [1.54, 1.807) is 12.1 Å². The molecule has 0 unspecified atom stereocenters. The van der Waals surface area contributed by atoms with E-state index in [-0.39, 0.29) is 19.6 Å². The van der Waals surface area contributed by atoms with Gasteiger partial charge in [-0.05, 0) is 17.7 Å². The van der Waals surface area contributed by atoms with E-state index in [1.165, 1.54) is 4.90 Å². The van der Waals surface area contributed by atoms with Crippen molar-refractivity contribution in [3.05, 3.63) is 28.3 Å². The molecule has 0 spiro atoms. The van der Waals surface area contributed by atoms with Crippen molar-refractivity contribution in [3.63, 3.8) is 0 Å². The largest absolute Gasteiger partial charge is 0.493 e. The number of hydrogen-bond donors (Lipinski definition) is 1. The fourth-order valence-corrected chi connectivity index (χ4v) is 3.56. The van der Waals surface area contributed by atoms with E-state index in [1.807, 2.05) is 0 Å². The van der Waals surface area contributed by atoms with Crippen molar-refractivity contribution in [2.75, 3.05) is 19.7 Å². The maximum Gasteiger partial charge on any atom is 0.393 e. The van der Waals surface area contributed by atoms with E-state index in [0.29, 0.717) is 29.4 Å². The van der Waals surface area contributed by atoms with E-state index >= 15 is 0 Å². The second kappa shape index (κ2) is 5.87. The minimum atomic E-state index is -4.52. The highest BCUT2D eigenvalue weighted by molar-refractivity contribution is 6.30. The highest BCUT2D eigenvalue weighted by Gasteiger charge is 2.52. The van der Waals surface area contributed by atoms with Gasteiger partial charge in [-0.15, -0.1) is 0 Å². The first-order valence-electron chi connectivity index (χ1n) is 7.21. The first-order valence-corrected chi connectivity index (χ1v) is 7.59. The smallest absolute Gasteiger partial charge is 0.393 e. The van der Waals surface area contributed by atoms with Gasteiger partial charge in [0.05, 0.1) is 18.4 Å². The number of fused-ring (bicyclic) bond motifs is 1. The van der Waals surface area contributed by atoms with Gasteiger partial charge in [0, 0.05) is 36.6 Å².